The van der Waals surface area contributed by atoms with Crippen LogP contribution in [0.5, 0.6) is 11.5 Å². The average Bonchev–Trinajstić information content (AvgIpc) is 2.41. The fraction of sp³-hybridized carbons (Fsp3) is 0.333. The van der Waals surface area contributed by atoms with Gasteiger partial charge in [-0.05, 0) is 25.5 Å². The molecular weight excluding hydrogens is 248 g/mol. The van der Waals surface area contributed by atoms with Gasteiger partial charge in [0, 0.05) is 16.7 Å². The monoisotopic (exact) mass is 264 g/mol. The molecule has 2 aromatic carbocycles. The number of alkyl halides is 1. The van der Waals surface area contributed by atoms with Crippen LogP contribution in [0.4, 0.5) is 0 Å². The van der Waals surface area contributed by atoms with Crippen LogP contribution in [-0.2, 0) is 0 Å². The van der Waals surface area contributed by atoms with Gasteiger partial charge < -0.3 is 9.47 Å². The maximum absolute atomic E-state index is 5.75. The van der Waals surface area contributed by atoms with Gasteiger partial charge in [0.2, 0.25) is 0 Å². The van der Waals surface area contributed by atoms with Crippen molar-refractivity contribution in [1.82, 2.24) is 0 Å². The highest BCUT2D eigenvalue weighted by Crippen LogP contribution is 2.33. The molecule has 0 aliphatic carbocycles. The molecule has 0 fully saturated rings. The molecule has 96 valence electrons. The summed E-state index contributed by atoms with van der Waals surface area (Å²) in [5, 5.41) is 2.17. The maximum atomic E-state index is 5.75. The van der Waals surface area contributed by atoms with Crippen LogP contribution < -0.4 is 9.47 Å². The minimum Gasteiger partial charge on any atom is -0.493 e. The Morgan fingerprint density at radius 2 is 1.56 bits per heavy atom. The summed E-state index contributed by atoms with van der Waals surface area (Å²) in [6, 6.07) is 12.0. The van der Waals surface area contributed by atoms with E-state index >= 15 is 0 Å². The van der Waals surface area contributed by atoms with Gasteiger partial charge in [0.05, 0.1) is 13.2 Å². The van der Waals surface area contributed by atoms with E-state index in [2.05, 4.69) is 6.07 Å². The van der Waals surface area contributed by atoms with Crippen LogP contribution in [0.1, 0.15) is 13.3 Å². The first-order chi connectivity index (χ1) is 8.86. The van der Waals surface area contributed by atoms with E-state index in [1.807, 2.05) is 37.3 Å². The second-order valence-electron chi connectivity index (χ2n) is 3.93. The Kier molecular flexibility index (Phi) is 4.71. The van der Waals surface area contributed by atoms with Crippen molar-refractivity contribution in [2.45, 2.75) is 13.3 Å². The smallest absolute Gasteiger partial charge is 0.127 e. The van der Waals surface area contributed by atoms with Crippen LogP contribution in [0.15, 0.2) is 36.4 Å². The lowest BCUT2D eigenvalue weighted by Crippen LogP contribution is -1.99. The minimum atomic E-state index is 0.620. The molecule has 0 bridgehead atoms. The Labute approximate surface area is 112 Å². The van der Waals surface area contributed by atoms with Crippen molar-refractivity contribution in [3.63, 3.8) is 0 Å². The fourth-order valence-corrected chi connectivity index (χ4v) is 2.00. The molecule has 0 aromatic heterocycles. The Morgan fingerprint density at radius 1 is 0.944 bits per heavy atom. The zero-order valence-electron chi connectivity index (χ0n) is 10.5. The van der Waals surface area contributed by atoms with Crippen molar-refractivity contribution in [3.05, 3.63) is 36.4 Å². The summed E-state index contributed by atoms with van der Waals surface area (Å²) in [7, 11) is 0. The molecule has 18 heavy (non-hydrogen) atoms. The molecule has 0 saturated heterocycles. The zero-order chi connectivity index (χ0) is 12.8. The number of halogens is 1. The molecule has 2 aromatic rings. The molecular formula is C15H17ClO2. The van der Waals surface area contributed by atoms with Gasteiger partial charge in [-0.2, -0.15) is 0 Å². The molecule has 0 atom stereocenters. The number of rotatable bonds is 6. The molecule has 3 heteroatoms. The van der Waals surface area contributed by atoms with Gasteiger partial charge in [-0.3, -0.25) is 0 Å². The molecule has 0 N–H and O–H groups in total. The summed E-state index contributed by atoms with van der Waals surface area (Å²) < 4.78 is 11.4. The summed E-state index contributed by atoms with van der Waals surface area (Å²) in [5.41, 5.74) is 0. The first kappa shape index (κ1) is 13.0. The Hall–Kier alpha value is -1.41. The molecule has 0 spiro atoms. The quantitative estimate of drug-likeness (QED) is 0.574. The van der Waals surface area contributed by atoms with Crippen molar-refractivity contribution in [2.24, 2.45) is 0 Å². The van der Waals surface area contributed by atoms with Gasteiger partial charge in [-0.1, -0.05) is 24.3 Å². The van der Waals surface area contributed by atoms with Gasteiger partial charge in [-0.15, -0.1) is 11.6 Å². The van der Waals surface area contributed by atoms with Gasteiger partial charge >= 0.3 is 0 Å². The molecule has 0 unspecified atom stereocenters. The molecule has 2 rings (SSSR count). The van der Waals surface area contributed by atoms with Gasteiger partial charge in [-0.25, -0.2) is 0 Å². The lowest BCUT2D eigenvalue weighted by Gasteiger charge is -2.12. The number of benzene rings is 2. The predicted molar refractivity (Wildman–Crippen MR) is 75.9 cm³/mol. The summed E-state index contributed by atoms with van der Waals surface area (Å²) in [4.78, 5) is 0. The number of fused-ring (bicyclic) bond motifs is 1. The van der Waals surface area contributed by atoms with E-state index in [0.29, 0.717) is 19.1 Å². The molecule has 0 saturated carbocycles. The van der Waals surface area contributed by atoms with E-state index < -0.39 is 0 Å². The van der Waals surface area contributed by atoms with Crippen molar-refractivity contribution < 1.29 is 9.47 Å². The van der Waals surface area contributed by atoms with E-state index in [1.165, 1.54) is 0 Å². The highest BCUT2D eigenvalue weighted by molar-refractivity contribution is 6.17. The van der Waals surface area contributed by atoms with Crippen molar-refractivity contribution >= 4 is 22.4 Å². The van der Waals surface area contributed by atoms with Crippen LogP contribution in [0, 0.1) is 0 Å². The van der Waals surface area contributed by atoms with Crippen LogP contribution in [-0.4, -0.2) is 19.1 Å². The van der Waals surface area contributed by atoms with E-state index in [4.69, 9.17) is 21.1 Å². The average molecular weight is 265 g/mol. The van der Waals surface area contributed by atoms with Crippen LogP contribution >= 0.6 is 11.6 Å². The normalized spacial score (nSPS) is 10.6. The summed E-state index contributed by atoms with van der Waals surface area (Å²) in [5.74, 6) is 2.41. The number of hydrogen-bond acceptors (Lipinski definition) is 2. The minimum absolute atomic E-state index is 0.620. The first-order valence-electron chi connectivity index (χ1n) is 6.20. The van der Waals surface area contributed by atoms with Crippen molar-refractivity contribution in [2.75, 3.05) is 19.1 Å². The van der Waals surface area contributed by atoms with Gasteiger partial charge in [0.1, 0.15) is 11.5 Å². The molecule has 2 nitrogen and oxygen atoms in total. The lowest BCUT2D eigenvalue weighted by atomic mass is 10.1. The summed E-state index contributed by atoms with van der Waals surface area (Å²) >= 11 is 5.65. The first-order valence-corrected chi connectivity index (χ1v) is 6.73. The fourth-order valence-electron chi connectivity index (χ4n) is 1.89. The largest absolute Gasteiger partial charge is 0.493 e. The van der Waals surface area contributed by atoms with Crippen LogP contribution in [0.3, 0.4) is 0 Å². The molecule has 0 amide bonds. The second-order valence-corrected chi connectivity index (χ2v) is 4.31. The van der Waals surface area contributed by atoms with E-state index in [1.54, 1.807) is 0 Å². The molecule has 0 heterocycles. The second kappa shape index (κ2) is 6.50. The molecule has 0 radical (unpaired) electrons. The Balaban J connectivity index is 2.34. The summed E-state index contributed by atoms with van der Waals surface area (Å²) in [6.07, 6.45) is 0.850. The van der Waals surface area contributed by atoms with Crippen molar-refractivity contribution in [3.8, 4) is 11.5 Å². The van der Waals surface area contributed by atoms with E-state index in [0.717, 1.165) is 28.7 Å². The Bertz CT molecular complexity index is 511. The van der Waals surface area contributed by atoms with E-state index in [9.17, 15) is 0 Å². The molecule has 0 aliphatic heterocycles. The highest BCUT2D eigenvalue weighted by atomic mass is 35.5. The van der Waals surface area contributed by atoms with Crippen LogP contribution in [0.25, 0.3) is 10.8 Å². The Morgan fingerprint density at radius 3 is 2.11 bits per heavy atom. The SMILES string of the molecule is CCOc1ccc(OCCCCl)c2ccccc12. The maximum Gasteiger partial charge on any atom is 0.127 e. The third kappa shape index (κ3) is 2.88. The molecule has 0 aliphatic rings. The third-order valence-corrected chi connectivity index (χ3v) is 2.95. The van der Waals surface area contributed by atoms with E-state index in [-0.39, 0.29) is 0 Å². The number of hydrogen-bond donors (Lipinski definition) is 0. The topological polar surface area (TPSA) is 18.5 Å². The third-order valence-electron chi connectivity index (χ3n) is 2.68. The zero-order valence-corrected chi connectivity index (χ0v) is 11.2. The number of ether oxygens (including phenoxy) is 2. The van der Waals surface area contributed by atoms with Gasteiger partial charge in [0.15, 0.2) is 0 Å². The van der Waals surface area contributed by atoms with Gasteiger partial charge in [0.25, 0.3) is 0 Å². The lowest BCUT2D eigenvalue weighted by molar-refractivity contribution is 0.320. The summed E-state index contributed by atoms with van der Waals surface area (Å²) in [6.45, 7) is 3.29. The highest BCUT2D eigenvalue weighted by Gasteiger charge is 2.06. The van der Waals surface area contributed by atoms with Crippen LogP contribution in [0.2, 0.25) is 0 Å². The van der Waals surface area contributed by atoms with Crippen molar-refractivity contribution in [1.29, 1.82) is 0 Å². The standard InChI is InChI=1S/C15H17ClO2/c1-2-17-14-8-9-15(18-11-5-10-16)13-7-4-3-6-12(13)14/h3-4,6-9H,2,5,10-11H2,1H3. The predicted octanol–water partition coefficient (Wildman–Crippen LogP) is 4.25.